The van der Waals surface area contributed by atoms with Crippen LogP contribution in [0.1, 0.15) is 38.2 Å². The summed E-state index contributed by atoms with van der Waals surface area (Å²) in [6, 6.07) is 5.67. The molecule has 1 fully saturated rings. The summed E-state index contributed by atoms with van der Waals surface area (Å²) in [5, 5.41) is 1.06. The Balaban J connectivity index is 0.00000242. The van der Waals surface area contributed by atoms with E-state index in [-0.39, 0.29) is 30.3 Å². The lowest BCUT2D eigenvalue weighted by Gasteiger charge is -2.31. The molecule has 0 saturated heterocycles. The van der Waals surface area contributed by atoms with Crippen LogP contribution < -0.4 is 5.73 Å². The Morgan fingerprint density at radius 2 is 2.05 bits per heavy atom. The van der Waals surface area contributed by atoms with Crippen LogP contribution in [0.2, 0.25) is 10.0 Å². The highest BCUT2D eigenvalue weighted by molar-refractivity contribution is 6.42. The van der Waals surface area contributed by atoms with Crippen molar-refractivity contribution in [3.05, 3.63) is 33.8 Å². The molecule has 0 heterocycles. The molecule has 1 aromatic rings. The third kappa shape index (κ3) is 5.02. The number of rotatable bonds is 4. The van der Waals surface area contributed by atoms with E-state index >= 15 is 0 Å². The molecule has 6 heteroatoms. The first kappa shape index (κ1) is 19.6. The SMILES string of the molecule is CCN(Cc1ccc(Cl)c(Cl)c1)C(=O)C1CCCC(N)C1.Cl. The van der Waals surface area contributed by atoms with Crippen LogP contribution in [0.25, 0.3) is 0 Å². The summed E-state index contributed by atoms with van der Waals surface area (Å²) in [4.78, 5) is 14.5. The van der Waals surface area contributed by atoms with E-state index in [0.717, 1.165) is 31.2 Å². The largest absolute Gasteiger partial charge is 0.338 e. The number of hydrogen-bond acceptors (Lipinski definition) is 2. The van der Waals surface area contributed by atoms with Gasteiger partial charge in [0.2, 0.25) is 5.91 Å². The number of carbonyl (C=O) groups excluding carboxylic acids is 1. The van der Waals surface area contributed by atoms with E-state index in [0.29, 0.717) is 23.1 Å². The molecule has 2 unspecified atom stereocenters. The lowest BCUT2D eigenvalue weighted by Crippen LogP contribution is -2.40. The molecule has 1 aromatic carbocycles. The molecule has 0 aromatic heterocycles. The van der Waals surface area contributed by atoms with Gasteiger partial charge in [0.05, 0.1) is 10.0 Å². The second-order valence-electron chi connectivity index (χ2n) is 5.72. The minimum atomic E-state index is 0. The first-order valence-corrected chi connectivity index (χ1v) is 8.25. The van der Waals surface area contributed by atoms with Crippen LogP contribution >= 0.6 is 35.6 Å². The van der Waals surface area contributed by atoms with Gasteiger partial charge in [-0.3, -0.25) is 4.79 Å². The molecular formula is C16H23Cl3N2O. The first-order valence-electron chi connectivity index (χ1n) is 7.49. The van der Waals surface area contributed by atoms with Gasteiger partial charge in [-0.1, -0.05) is 35.7 Å². The fraction of sp³-hybridized carbons (Fsp3) is 0.562. The van der Waals surface area contributed by atoms with Gasteiger partial charge >= 0.3 is 0 Å². The second-order valence-corrected chi connectivity index (χ2v) is 6.54. The summed E-state index contributed by atoms with van der Waals surface area (Å²) in [6.45, 7) is 3.25. The van der Waals surface area contributed by atoms with Crippen molar-refractivity contribution in [3.63, 3.8) is 0 Å². The minimum absolute atomic E-state index is 0. The van der Waals surface area contributed by atoms with E-state index in [2.05, 4.69) is 0 Å². The van der Waals surface area contributed by atoms with Gasteiger partial charge in [0.1, 0.15) is 0 Å². The van der Waals surface area contributed by atoms with E-state index in [9.17, 15) is 4.79 Å². The van der Waals surface area contributed by atoms with Gasteiger partial charge in [-0.15, -0.1) is 12.4 Å². The van der Waals surface area contributed by atoms with Crippen LogP contribution in [0.4, 0.5) is 0 Å². The van der Waals surface area contributed by atoms with Crippen LogP contribution in [0.3, 0.4) is 0 Å². The molecule has 1 amide bonds. The molecule has 0 spiro atoms. The highest BCUT2D eigenvalue weighted by atomic mass is 35.5. The average molecular weight is 366 g/mol. The molecule has 2 atom stereocenters. The number of halogens is 3. The topological polar surface area (TPSA) is 46.3 Å². The van der Waals surface area contributed by atoms with Crippen molar-refractivity contribution in [1.82, 2.24) is 4.90 Å². The van der Waals surface area contributed by atoms with E-state index in [4.69, 9.17) is 28.9 Å². The third-order valence-corrected chi connectivity index (χ3v) is 4.85. The lowest BCUT2D eigenvalue weighted by atomic mass is 9.85. The standard InChI is InChI=1S/C16H22Cl2N2O.ClH/c1-2-20(10-11-6-7-14(17)15(18)8-11)16(21)12-4-3-5-13(19)9-12;/h6-8,12-13H,2-5,9-10,19H2,1H3;1H. The fourth-order valence-corrected chi connectivity index (χ4v) is 3.23. The Kier molecular flexibility index (Phi) is 7.98. The molecule has 1 saturated carbocycles. The molecule has 0 radical (unpaired) electrons. The van der Waals surface area contributed by atoms with Crippen molar-refractivity contribution >= 4 is 41.5 Å². The van der Waals surface area contributed by atoms with E-state index in [1.807, 2.05) is 24.0 Å². The van der Waals surface area contributed by atoms with Gasteiger partial charge in [-0.2, -0.15) is 0 Å². The van der Waals surface area contributed by atoms with Crippen molar-refractivity contribution < 1.29 is 4.79 Å². The molecule has 2 N–H and O–H groups in total. The highest BCUT2D eigenvalue weighted by Crippen LogP contribution is 2.27. The Bertz CT molecular complexity index is 510. The maximum atomic E-state index is 12.6. The quantitative estimate of drug-likeness (QED) is 0.865. The summed E-state index contributed by atoms with van der Waals surface area (Å²) < 4.78 is 0. The lowest BCUT2D eigenvalue weighted by molar-refractivity contribution is -0.137. The Labute approximate surface area is 148 Å². The van der Waals surface area contributed by atoms with Crippen molar-refractivity contribution in [2.45, 2.75) is 45.2 Å². The zero-order chi connectivity index (χ0) is 15.4. The molecule has 22 heavy (non-hydrogen) atoms. The predicted molar refractivity (Wildman–Crippen MR) is 94.7 cm³/mol. The van der Waals surface area contributed by atoms with Crippen LogP contribution in [-0.4, -0.2) is 23.4 Å². The third-order valence-electron chi connectivity index (χ3n) is 4.11. The van der Waals surface area contributed by atoms with Gasteiger partial charge in [0.25, 0.3) is 0 Å². The van der Waals surface area contributed by atoms with Crippen LogP contribution in [-0.2, 0) is 11.3 Å². The monoisotopic (exact) mass is 364 g/mol. The van der Waals surface area contributed by atoms with E-state index in [1.165, 1.54) is 0 Å². The summed E-state index contributed by atoms with van der Waals surface area (Å²) in [5.74, 6) is 0.273. The molecule has 0 aliphatic heterocycles. The summed E-state index contributed by atoms with van der Waals surface area (Å²) in [6.07, 6.45) is 3.83. The number of benzene rings is 1. The maximum absolute atomic E-state index is 12.6. The summed E-state index contributed by atoms with van der Waals surface area (Å²) >= 11 is 12.0. The van der Waals surface area contributed by atoms with Crippen molar-refractivity contribution in [2.24, 2.45) is 11.7 Å². The maximum Gasteiger partial charge on any atom is 0.226 e. The van der Waals surface area contributed by atoms with Crippen molar-refractivity contribution in [2.75, 3.05) is 6.54 Å². The Morgan fingerprint density at radius 1 is 1.32 bits per heavy atom. The van der Waals surface area contributed by atoms with Gasteiger partial charge < -0.3 is 10.6 Å². The first-order chi connectivity index (χ1) is 10.0. The average Bonchev–Trinajstić information content (AvgIpc) is 2.47. The predicted octanol–water partition coefficient (Wildman–Crippen LogP) is 4.28. The van der Waals surface area contributed by atoms with Gasteiger partial charge in [0.15, 0.2) is 0 Å². The number of carbonyl (C=O) groups is 1. The van der Waals surface area contributed by atoms with Crippen LogP contribution in [0, 0.1) is 5.92 Å². The summed E-state index contributed by atoms with van der Waals surface area (Å²) in [7, 11) is 0. The van der Waals surface area contributed by atoms with Crippen LogP contribution in [0.5, 0.6) is 0 Å². The summed E-state index contributed by atoms with van der Waals surface area (Å²) in [5.41, 5.74) is 6.99. The zero-order valence-electron chi connectivity index (χ0n) is 12.7. The zero-order valence-corrected chi connectivity index (χ0v) is 15.1. The van der Waals surface area contributed by atoms with E-state index in [1.54, 1.807) is 6.07 Å². The van der Waals surface area contributed by atoms with Gasteiger partial charge in [-0.05, 0) is 43.9 Å². The molecule has 124 valence electrons. The van der Waals surface area contributed by atoms with Crippen LogP contribution in [0.15, 0.2) is 18.2 Å². The van der Waals surface area contributed by atoms with Gasteiger partial charge in [-0.25, -0.2) is 0 Å². The number of amides is 1. The van der Waals surface area contributed by atoms with Crippen molar-refractivity contribution in [1.29, 1.82) is 0 Å². The molecule has 1 aliphatic carbocycles. The van der Waals surface area contributed by atoms with Gasteiger partial charge in [0, 0.05) is 25.0 Å². The number of nitrogens with zero attached hydrogens (tertiary/aromatic N) is 1. The molecule has 3 nitrogen and oxygen atoms in total. The molecule has 0 bridgehead atoms. The van der Waals surface area contributed by atoms with Crippen molar-refractivity contribution in [3.8, 4) is 0 Å². The normalized spacial score (nSPS) is 21.1. The fourth-order valence-electron chi connectivity index (χ4n) is 2.91. The number of hydrogen-bond donors (Lipinski definition) is 1. The molecule has 2 rings (SSSR count). The number of nitrogens with two attached hydrogens (primary N) is 1. The molecule has 1 aliphatic rings. The highest BCUT2D eigenvalue weighted by Gasteiger charge is 2.28. The molecular weight excluding hydrogens is 343 g/mol. The Morgan fingerprint density at radius 3 is 2.64 bits per heavy atom. The Hall–Kier alpha value is -0.480. The minimum Gasteiger partial charge on any atom is -0.338 e. The smallest absolute Gasteiger partial charge is 0.226 e. The van der Waals surface area contributed by atoms with E-state index < -0.39 is 0 Å². The second kappa shape index (κ2) is 8.97.